The second-order valence-electron chi connectivity index (χ2n) is 7.26. The van der Waals surface area contributed by atoms with E-state index in [1.54, 1.807) is 30.3 Å². The smallest absolute Gasteiger partial charge is 0.261 e. The maximum Gasteiger partial charge on any atom is 0.261 e. The normalized spacial score (nSPS) is 15.6. The molecule has 7 nitrogen and oxygen atoms in total. The molecule has 30 heavy (non-hydrogen) atoms. The van der Waals surface area contributed by atoms with Gasteiger partial charge >= 0.3 is 0 Å². The number of hydrogen-bond acceptors (Lipinski definition) is 5. The van der Waals surface area contributed by atoms with Crippen molar-refractivity contribution >= 4 is 37.5 Å². The van der Waals surface area contributed by atoms with Crippen LogP contribution in [0.4, 0.5) is 5.69 Å². The van der Waals surface area contributed by atoms with E-state index in [1.165, 1.54) is 12.1 Å². The number of halogens is 1. The van der Waals surface area contributed by atoms with E-state index in [-0.39, 0.29) is 16.8 Å². The molecule has 2 aromatic carbocycles. The highest BCUT2D eigenvalue weighted by Crippen LogP contribution is 2.29. The average molecular weight is 496 g/mol. The van der Waals surface area contributed by atoms with E-state index in [1.807, 2.05) is 6.92 Å². The number of anilines is 1. The van der Waals surface area contributed by atoms with Gasteiger partial charge in [-0.1, -0.05) is 6.07 Å². The second-order valence-corrected chi connectivity index (χ2v) is 9.80. The van der Waals surface area contributed by atoms with Crippen LogP contribution >= 0.6 is 15.9 Å². The van der Waals surface area contributed by atoms with Gasteiger partial charge < -0.3 is 15.0 Å². The number of piperidine rings is 1. The fourth-order valence-corrected chi connectivity index (χ4v) is 4.87. The average Bonchev–Trinajstić information content (AvgIpc) is 2.72. The zero-order valence-electron chi connectivity index (χ0n) is 17.0. The van der Waals surface area contributed by atoms with E-state index in [2.05, 4.69) is 37.9 Å². The van der Waals surface area contributed by atoms with E-state index >= 15 is 0 Å². The third-order valence-electron chi connectivity index (χ3n) is 4.94. The first-order valence-corrected chi connectivity index (χ1v) is 12.1. The lowest BCUT2D eigenvalue weighted by Gasteiger charge is -2.29. The minimum Gasteiger partial charge on any atom is -0.493 e. The van der Waals surface area contributed by atoms with Crippen molar-refractivity contribution in [3.8, 4) is 5.75 Å². The fraction of sp³-hybridized carbons (Fsp3) is 0.381. The van der Waals surface area contributed by atoms with Crippen LogP contribution in [0.2, 0.25) is 0 Å². The maximum absolute atomic E-state index is 12.8. The molecular formula is C21H26BrN3O4S. The Bertz CT molecular complexity index is 1010. The van der Waals surface area contributed by atoms with E-state index in [4.69, 9.17) is 4.74 Å². The van der Waals surface area contributed by atoms with Crippen molar-refractivity contribution in [3.63, 3.8) is 0 Å². The van der Waals surface area contributed by atoms with Crippen LogP contribution in [0.25, 0.3) is 0 Å². The number of likely N-dealkylation sites (tertiary alicyclic amines) is 1. The van der Waals surface area contributed by atoms with Gasteiger partial charge in [-0.25, -0.2) is 8.42 Å². The lowest BCUT2D eigenvalue weighted by Crippen LogP contribution is -2.43. The molecule has 1 aliphatic rings. The summed E-state index contributed by atoms with van der Waals surface area (Å²) in [6, 6.07) is 11.1. The van der Waals surface area contributed by atoms with Crippen molar-refractivity contribution in [2.24, 2.45) is 0 Å². The molecule has 0 aliphatic carbocycles. The predicted octanol–water partition coefficient (Wildman–Crippen LogP) is 3.47. The summed E-state index contributed by atoms with van der Waals surface area (Å²) in [7, 11) is -1.79. The molecule has 2 aromatic rings. The third kappa shape index (κ3) is 5.74. The Kier molecular flexibility index (Phi) is 7.38. The Hall–Kier alpha value is -2.10. The number of amides is 1. The molecule has 0 spiro atoms. The van der Waals surface area contributed by atoms with Crippen LogP contribution in [0, 0.1) is 0 Å². The van der Waals surface area contributed by atoms with Gasteiger partial charge in [0.05, 0.1) is 21.7 Å². The van der Waals surface area contributed by atoms with Gasteiger partial charge in [0.2, 0.25) is 0 Å². The summed E-state index contributed by atoms with van der Waals surface area (Å²) in [5.74, 6) is 0.374. The number of rotatable bonds is 7. The minimum atomic E-state index is -3.85. The molecule has 1 heterocycles. The van der Waals surface area contributed by atoms with Crippen LogP contribution in [-0.4, -0.2) is 52.0 Å². The number of hydrogen-bond donors (Lipinski definition) is 2. The molecule has 1 fully saturated rings. The van der Waals surface area contributed by atoms with Gasteiger partial charge in [-0.3, -0.25) is 9.52 Å². The Labute approximate surface area is 186 Å². The molecule has 3 rings (SSSR count). The molecule has 1 saturated heterocycles. The number of nitrogens with zero attached hydrogens (tertiary/aromatic N) is 1. The number of benzene rings is 2. The molecule has 0 radical (unpaired) electrons. The third-order valence-corrected chi connectivity index (χ3v) is 6.94. The first kappa shape index (κ1) is 22.6. The first-order valence-electron chi connectivity index (χ1n) is 9.83. The number of ether oxygens (including phenoxy) is 1. The summed E-state index contributed by atoms with van der Waals surface area (Å²) >= 11 is 3.38. The Morgan fingerprint density at radius 3 is 2.60 bits per heavy atom. The molecule has 0 bridgehead atoms. The maximum atomic E-state index is 12.8. The van der Waals surface area contributed by atoms with Crippen LogP contribution in [0.3, 0.4) is 0 Å². The minimum absolute atomic E-state index is 0.0311. The molecule has 1 amide bonds. The topological polar surface area (TPSA) is 87.7 Å². The lowest BCUT2D eigenvalue weighted by molar-refractivity contribution is 0.0916. The molecule has 162 valence electrons. The molecule has 0 saturated carbocycles. The van der Waals surface area contributed by atoms with Crippen molar-refractivity contribution < 1.29 is 17.9 Å². The highest BCUT2D eigenvalue weighted by molar-refractivity contribution is 9.10. The highest BCUT2D eigenvalue weighted by atomic mass is 79.9. The van der Waals surface area contributed by atoms with Crippen LogP contribution < -0.4 is 14.8 Å². The number of nitrogens with one attached hydrogen (secondary N) is 2. The van der Waals surface area contributed by atoms with Gasteiger partial charge in [-0.2, -0.15) is 0 Å². The van der Waals surface area contributed by atoms with Crippen molar-refractivity contribution in [1.82, 2.24) is 10.2 Å². The van der Waals surface area contributed by atoms with Gasteiger partial charge in [0, 0.05) is 11.6 Å². The fourth-order valence-electron chi connectivity index (χ4n) is 3.28. The molecule has 1 aliphatic heterocycles. The Balaban J connectivity index is 1.72. The van der Waals surface area contributed by atoms with E-state index in [0.717, 1.165) is 25.9 Å². The van der Waals surface area contributed by atoms with Crippen LogP contribution in [0.15, 0.2) is 51.8 Å². The molecule has 9 heteroatoms. The monoisotopic (exact) mass is 495 g/mol. The lowest BCUT2D eigenvalue weighted by atomic mass is 10.0. The number of sulfonamides is 1. The molecule has 0 aromatic heterocycles. The van der Waals surface area contributed by atoms with Crippen molar-refractivity contribution in [2.75, 3.05) is 31.5 Å². The van der Waals surface area contributed by atoms with Crippen LogP contribution in [0.5, 0.6) is 5.75 Å². The largest absolute Gasteiger partial charge is 0.493 e. The van der Waals surface area contributed by atoms with Gasteiger partial charge in [0.25, 0.3) is 15.9 Å². The summed E-state index contributed by atoms with van der Waals surface area (Å²) in [4.78, 5) is 14.9. The quantitative estimate of drug-likeness (QED) is 0.613. The summed E-state index contributed by atoms with van der Waals surface area (Å²) < 4.78 is 34.3. The molecular weight excluding hydrogens is 470 g/mol. The highest BCUT2D eigenvalue weighted by Gasteiger charge is 2.21. The zero-order valence-corrected chi connectivity index (χ0v) is 19.4. The van der Waals surface area contributed by atoms with Gasteiger partial charge in [0.15, 0.2) is 0 Å². The predicted molar refractivity (Wildman–Crippen MR) is 121 cm³/mol. The van der Waals surface area contributed by atoms with Crippen LogP contribution in [-0.2, 0) is 10.0 Å². The van der Waals surface area contributed by atoms with E-state index in [0.29, 0.717) is 28.1 Å². The van der Waals surface area contributed by atoms with Crippen LogP contribution in [0.1, 0.15) is 30.1 Å². The SMILES string of the molecule is CCOc1ccc(NS(=O)(=O)c2cccc(C(=O)NC3CCN(C)CC3)c2)cc1Br. The molecule has 2 N–H and O–H groups in total. The zero-order chi connectivity index (χ0) is 21.7. The van der Waals surface area contributed by atoms with Crippen molar-refractivity contribution in [2.45, 2.75) is 30.7 Å². The van der Waals surface area contributed by atoms with Gasteiger partial charge in [0.1, 0.15) is 5.75 Å². The second kappa shape index (κ2) is 9.80. The number of carbonyl (C=O) groups is 1. The summed E-state index contributed by atoms with van der Waals surface area (Å²) in [6.07, 6.45) is 1.77. The van der Waals surface area contributed by atoms with Crippen molar-refractivity contribution in [3.05, 3.63) is 52.5 Å². The summed E-state index contributed by atoms with van der Waals surface area (Å²) in [5.41, 5.74) is 0.719. The summed E-state index contributed by atoms with van der Waals surface area (Å²) in [6.45, 7) is 4.25. The molecule has 0 unspecified atom stereocenters. The van der Waals surface area contributed by atoms with E-state index < -0.39 is 10.0 Å². The Morgan fingerprint density at radius 2 is 1.93 bits per heavy atom. The molecule has 0 atom stereocenters. The standard InChI is InChI=1S/C21H26BrN3O4S/c1-3-29-20-8-7-17(14-19(20)22)24-30(27,28)18-6-4-5-15(13-18)21(26)23-16-9-11-25(2)12-10-16/h4-8,13-14,16,24H,3,9-12H2,1-2H3,(H,23,26). The summed E-state index contributed by atoms with van der Waals surface area (Å²) in [5, 5.41) is 3.01. The Morgan fingerprint density at radius 1 is 1.20 bits per heavy atom. The van der Waals surface area contributed by atoms with Gasteiger partial charge in [-0.05, 0) is 92.2 Å². The van der Waals surface area contributed by atoms with E-state index in [9.17, 15) is 13.2 Å². The number of carbonyl (C=O) groups excluding carboxylic acids is 1. The first-order chi connectivity index (χ1) is 14.3. The van der Waals surface area contributed by atoms with Crippen molar-refractivity contribution in [1.29, 1.82) is 0 Å². The van der Waals surface area contributed by atoms with Gasteiger partial charge in [-0.15, -0.1) is 0 Å².